The molecule has 152 valence electrons. The minimum Gasteiger partial charge on any atom is -0.390 e. The van der Waals surface area contributed by atoms with Gasteiger partial charge >= 0.3 is 0 Å². The smallest absolute Gasteiger partial charge is 0.240 e. The van der Waals surface area contributed by atoms with E-state index in [2.05, 4.69) is 15.6 Å². The number of nitrogens with one attached hydrogen (secondary N) is 2. The lowest BCUT2D eigenvalue weighted by molar-refractivity contribution is -0.121. The predicted molar refractivity (Wildman–Crippen MR) is 115 cm³/mol. The average Bonchev–Trinajstić information content (AvgIpc) is 3.12. The van der Waals surface area contributed by atoms with Crippen molar-refractivity contribution in [3.05, 3.63) is 54.4 Å². The van der Waals surface area contributed by atoms with Gasteiger partial charge in [0.2, 0.25) is 11.8 Å². The summed E-state index contributed by atoms with van der Waals surface area (Å²) in [7, 11) is 0. The van der Waals surface area contributed by atoms with Gasteiger partial charge in [0, 0.05) is 17.6 Å². The molecule has 0 atom stereocenters. The average molecular weight is 413 g/mol. The van der Waals surface area contributed by atoms with Gasteiger partial charge in [-0.1, -0.05) is 55.1 Å². The third kappa shape index (κ3) is 5.36. The van der Waals surface area contributed by atoms with Crippen molar-refractivity contribution < 1.29 is 14.7 Å². The summed E-state index contributed by atoms with van der Waals surface area (Å²) in [4.78, 5) is 28.8. The summed E-state index contributed by atoms with van der Waals surface area (Å²) in [5.41, 5.74) is 1.29. The van der Waals surface area contributed by atoms with E-state index in [4.69, 9.17) is 0 Å². The highest BCUT2D eigenvalue weighted by molar-refractivity contribution is 7.99. The van der Waals surface area contributed by atoms with Gasteiger partial charge in [-0.15, -0.1) is 0 Å². The second kappa shape index (κ2) is 10.1. The van der Waals surface area contributed by atoms with Crippen LogP contribution in [0.4, 0.5) is 5.69 Å². The zero-order valence-electron chi connectivity index (χ0n) is 16.2. The van der Waals surface area contributed by atoms with E-state index in [0.717, 1.165) is 22.9 Å². The highest BCUT2D eigenvalue weighted by atomic mass is 32.2. The van der Waals surface area contributed by atoms with Gasteiger partial charge in [-0.25, -0.2) is 4.98 Å². The van der Waals surface area contributed by atoms with Crippen LogP contribution < -0.4 is 10.6 Å². The van der Waals surface area contributed by atoms with Crippen LogP contribution in [0.2, 0.25) is 0 Å². The van der Waals surface area contributed by atoms with Crippen LogP contribution in [0, 0.1) is 0 Å². The number of hydrogen-bond acceptors (Lipinski definition) is 5. The first-order valence-corrected chi connectivity index (χ1v) is 10.4. The van der Waals surface area contributed by atoms with E-state index in [9.17, 15) is 14.7 Å². The van der Waals surface area contributed by atoms with E-state index in [1.165, 1.54) is 18.0 Å². The Balaban J connectivity index is 1.65. The summed E-state index contributed by atoms with van der Waals surface area (Å²) in [5, 5.41) is 17.8. The van der Waals surface area contributed by atoms with E-state index < -0.39 is 0 Å². The highest BCUT2D eigenvalue weighted by Crippen LogP contribution is 2.24. The quantitative estimate of drug-likeness (QED) is 0.470. The Hall–Kier alpha value is -2.84. The monoisotopic (exact) mass is 412 g/mol. The van der Waals surface area contributed by atoms with Crippen molar-refractivity contribution in [3.63, 3.8) is 0 Å². The molecule has 3 N–H and O–H groups in total. The van der Waals surface area contributed by atoms with Crippen LogP contribution in [0.25, 0.3) is 10.8 Å². The van der Waals surface area contributed by atoms with Crippen molar-refractivity contribution in [2.75, 3.05) is 17.6 Å². The minimum atomic E-state index is -0.225. The molecule has 0 aliphatic heterocycles. The third-order valence-corrected chi connectivity index (χ3v) is 5.32. The lowest BCUT2D eigenvalue weighted by Gasteiger charge is -2.11. The number of aliphatic hydroxyl groups is 1. The van der Waals surface area contributed by atoms with Gasteiger partial charge in [0.1, 0.15) is 6.54 Å². The number of amides is 2. The summed E-state index contributed by atoms with van der Waals surface area (Å²) in [5.74, 6) is -0.176. The van der Waals surface area contributed by atoms with E-state index in [1.54, 1.807) is 4.57 Å². The van der Waals surface area contributed by atoms with Crippen LogP contribution in [0.15, 0.2) is 53.8 Å². The van der Waals surface area contributed by atoms with Gasteiger partial charge in [-0.05, 0) is 17.9 Å². The molecule has 0 fully saturated rings. The molecule has 0 unspecified atom stereocenters. The molecular weight excluding hydrogens is 388 g/mol. The van der Waals surface area contributed by atoms with Gasteiger partial charge in [-0.2, -0.15) is 0 Å². The van der Waals surface area contributed by atoms with Gasteiger partial charge in [0.05, 0.1) is 24.3 Å². The van der Waals surface area contributed by atoms with Gasteiger partial charge in [0.15, 0.2) is 5.16 Å². The number of aromatic nitrogens is 2. The fourth-order valence-corrected chi connectivity index (χ4v) is 3.71. The molecule has 2 amide bonds. The van der Waals surface area contributed by atoms with Crippen LogP contribution in [0.3, 0.4) is 0 Å². The lowest BCUT2D eigenvalue weighted by atomic mass is 10.1. The Morgan fingerprint density at radius 1 is 1.14 bits per heavy atom. The van der Waals surface area contributed by atoms with Crippen LogP contribution in [0.1, 0.15) is 19.0 Å². The van der Waals surface area contributed by atoms with Gasteiger partial charge in [0.25, 0.3) is 0 Å². The first-order valence-electron chi connectivity index (χ1n) is 9.44. The number of aliphatic hydroxyl groups excluding tert-OH is 1. The van der Waals surface area contributed by atoms with Crippen molar-refractivity contribution >= 4 is 40.0 Å². The summed E-state index contributed by atoms with van der Waals surface area (Å²) in [6.07, 6.45) is 2.37. The molecule has 0 aliphatic carbocycles. The lowest BCUT2D eigenvalue weighted by Crippen LogP contribution is -2.29. The highest BCUT2D eigenvalue weighted by Gasteiger charge is 2.15. The molecule has 0 bridgehead atoms. The largest absolute Gasteiger partial charge is 0.390 e. The molecule has 29 heavy (non-hydrogen) atoms. The molecule has 1 aromatic heterocycles. The Kier molecular flexibility index (Phi) is 7.26. The number of benzene rings is 2. The molecule has 2 aromatic carbocycles. The number of hydrogen-bond donors (Lipinski definition) is 3. The number of thioether (sulfide) groups is 1. The molecule has 0 spiro atoms. The normalized spacial score (nSPS) is 10.8. The second-order valence-electron chi connectivity index (χ2n) is 6.49. The van der Waals surface area contributed by atoms with Crippen molar-refractivity contribution in [2.45, 2.75) is 31.7 Å². The predicted octanol–water partition coefficient (Wildman–Crippen LogP) is 2.79. The standard InChI is InChI=1S/C21H24N4O3S/c1-2-10-22-19(27)12-25-16(13-26)11-23-21(25)29-14-20(28)24-18-9-5-7-15-6-3-4-8-17(15)18/h3-9,11,26H,2,10,12-14H2,1H3,(H,22,27)(H,24,28). The maximum Gasteiger partial charge on any atom is 0.240 e. The fraction of sp³-hybridized carbons (Fsp3) is 0.286. The number of carbonyl (C=O) groups is 2. The molecular formula is C21H24N4O3S. The number of nitrogens with zero attached hydrogens (tertiary/aromatic N) is 2. The number of anilines is 1. The Labute approximate surface area is 173 Å². The van der Waals surface area contributed by atoms with E-state index in [0.29, 0.717) is 17.4 Å². The zero-order valence-corrected chi connectivity index (χ0v) is 17.0. The van der Waals surface area contributed by atoms with Gasteiger partial charge < -0.3 is 20.3 Å². The Morgan fingerprint density at radius 3 is 2.72 bits per heavy atom. The van der Waals surface area contributed by atoms with Crippen LogP contribution in [-0.4, -0.2) is 38.8 Å². The second-order valence-corrected chi connectivity index (χ2v) is 7.43. The summed E-state index contributed by atoms with van der Waals surface area (Å²) >= 11 is 1.23. The van der Waals surface area contributed by atoms with Crippen molar-refractivity contribution in [1.29, 1.82) is 0 Å². The van der Waals surface area contributed by atoms with E-state index in [-0.39, 0.29) is 30.7 Å². The molecule has 1 heterocycles. The first kappa shape index (κ1) is 20.9. The summed E-state index contributed by atoms with van der Waals surface area (Å²) in [6, 6.07) is 13.6. The number of carbonyl (C=O) groups excluding carboxylic acids is 2. The molecule has 7 nitrogen and oxygen atoms in total. The van der Waals surface area contributed by atoms with E-state index >= 15 is 0 Å². The van der Waals surface area contributed by atoms with Gasteiger partial charge in [-0.3, -0.25) is 9.59 Å². The number of rotatable bonds is 9. The van der Waals surface area contributed by atoms with Crippen LogP contribution >= 0.6 is 11.8 Å². The molecule has 0 saturated heterocycles. The summed E-state index contributed by atoms with van der Waals surface area (Å²) < 4.78 is 1.64. The third-order valence-electron chi connectivity index (χ3n) is 4.33. The number of fused-ring (bicyclic) bond motifs is 1. The maximum atomic E-state index is 12.5. The minimum absolute atomic E-state index is 0.0587. The van der Waals surface area contributed by atoms with E-state index in [1.807, 2.05) is 49.4 Å². The fourth-order valence-electron chi connectivity index (χ4n) is 2.92. The van der Waals surface area contributed by atoms with Crippen molar-refractivity contribution in [2.24, 2.45) is 0 Å². The molecule has 3 rings (SSSR count). The first-order chi connectivity index (χ1) is 14.1. The van der Waals surface area contributed by atoms with Crippen molar-refractivity contribution in [1.82, 2.24) is 14.9 Å². The molecule has 0 saturated carbocycles. The van der Waals surface area contributed by atoms with Crippen LogP contribution in [0.5, 0.6) is 0 Å². The molecule has 0 radical (unpaired) electrons. The topological polar surface area (TPSA) is 96.2 Å². The number of imidazole rings is 1. The molecule has 0 aliphatic rings. The van der Waals surface area contributed by atoms with Crippen molar-refractivity contribution in [3.8, 4) is 0 Å². The SMILES string of the molecule is CCCNC(=O)Cn1c(CO)cnc1SCC(=O)Nc1cccc2ccccc12. The maximum absolute atomic E-state index is 12.5. The Morgan fingerprint density at radius 2 is 1.93 bits per heavy atom. The zero-order chi connectivity index (χ0) is 20.6. The molecule has 8 heteroatoms. The summed E-state index contributed by atoms with van der Waals surface area (Å²) in [6.45, 7) is 2.41. The van der Waals surface area contributed by atoms with Crippen LogP contribution in [-0.2, 0) is 22.7 Å². The Bertz CT molecular complexity index is 997. The molecule has 3 aromatic rings.